The largest absolute Gasteiger partial charge is 0.389 e. The van der Waals surface area contributed by atoms with Gasteiger partial charge in [-0.1, -0.05) is 54.6 Å². The predicted octanol–water partition coefficient (Wildman–Crippen LogP) is 2.00. The molecule has 2 amide bonds. The molecule has 6 unspecified atom stereocenters. The second kappa shape index (κ2) is 6.89. The molecule has 2 aliphatic carbocycles. The number of fused-ring (bicyclic) bond motifs is 3. The zero-order chi connectivity index (χ0) is 18.3. The first kappa shape index (κ1) is 17.3. The van der Waals surface area contributed by atoms with Gasteiger partial charge in [-0.3, -0.25) is 4.90 Å². The lowest BCUT2D eigenvalue weighted by Gasteiger charge is -2.31. The highest BCUT2D eigenvalue weighted by molar-refractivity contribution is 5.74. The molecule has 2 N–H and O–H groups in total. The number of rotatable bonds is 3. The number of aliphatic hydroxyl groups excluding tert-OH is 1. The lowest BCUT2D eigenvalue weighted by molar-refractivity contribution is 0.157. The highest BCUT2D eigenvalue weighted by Crippen LogP contribution is 2.45. The van der Waals surface area contributed by atoms with E-state index in [1.54, 1.807) is 4.90 Å². The van der Waals surface area contributed by atoms with Crippen molar-refractivity contribution in [2.45, 2.75) is 37.2 Å². The number of nitrogens with zero attached hydrogens (tertiary/aromatic N) is 2. The third kappa shape index (κ3) is 3.06. The van der Waals surface area contributed by atoms with E-state index in [9.17, 15) is 9.90 Å². The van der Waals surface area contributed by atoms with Crippen molar-refractivity contribution in [1.29, 1.82) is 0 Å². The second-order valence-electron chi connectivity index (χ2n) is 7.78. The average Bonchev–Trinajstić information content (AvgIpc) is 3.16. The standard InChI is InChI=1S/C21H27N3O2/c1-23(13-14-6-4-3-5-7-14)21(26)22-18-10-9-16-17-12-15(25)8-11-19(17)24(2)20(16)18/h3-11,15-20,25H,12-13H2,1-2H3,(H,22,26). The fraction of sp³-hybridized carbons (Fsp3) is 0.476. The van der Waals surface area contributed by atoms with Crippen LogP contribution < -0.4 is 5.32 Å². The van der Waals surface area contributed by atoms with Crippen LogP contribution in [0.1, 0.15) is 12.0 Å². The quantitative estimate of drug-likeness (QED) is 0.818. The van der Waals surface area contributed by atoms with Crippen LogP contribution in [0.4, 0.5) is 4.79 Å². The SMILES string of the molecule is CN(Cc1ccccc1)C(=O)NC1C=CC2C3CC(O)C=CC3N(C)C12. The maximum absolute atomic E-state index is 12.7. The number of nitrogens with one attached hydrogen (secondary N) is 1. The molecule has 1 aromatic carbocycles. The number of aliphatic hydroxyl groups is 1. The van der Waals surface area contributed by atoms with Gasteiger partial charge in [0.15, 0.2) is 0 Å². The third-order valence-corrected chi connectivity index (χ3v) is 6.12. The Hall–Kier alpha value is -2.11. The van der Waals surface area contributed by atoms with Gasteiger partial charge >= 0.3 is 6.03 Å². The van der Waals surface area contributed by atoms with Crippen molar-refractivity contribution in [2.75, 3.05) is 14.1 Å². The van der Waals surface area contributed by atoms with E-state index in [-0.39, 0.29) is 24.2 Å². The van der Waals surface area contributed by atoms with E-state index in [0.29, 0.717) is 24.4 Å². The van der Waals surface area contributed by atoms with Gasteiger partial charge in [-0.05, 0) is 30.9 Å². The van der Waals surface area contributed by atoms with Crippen LogP contribution >= 0.6 is 0 Å². The van der Waals surface area contributed by atoms with Crippen molar-refractivity contribution >= 4 is 6.03 Å². The maximum atomic E-state index is 12.7. The smallest absolute Gasteiger partial charge is 0.317 e. The van der Waals surface area contributed by atoms with E-state index in [2.05, 4.69) is 35.5 Å². The molecule has 1 fully saturated rings. The highest BCUT2D eigenvalue weighted by Gasteiger charge is 2.51. The summed E-state index contributed by atoms with van der Waals surface area (Å²) in [6.45, 7) is 0.590. The van der Waals surface area contributed by atoms with E-state index >= 15 is 0 Å². The fourth-order valence-electron chi connectivity index (χ4n) is 4.85. The molecule has 1 aliphatic heterocycles. The minimum atomic E-state index is -0.345. The second-order valence-corrected chi connectivity index (χ2v) is 7.78. The Morgan fingerprint density at radius 1 is 1.23 bits per heavy atom. The van der Waals surface area contributed by atoms with Gasteiger partial charge in [-0.25, -0.2) is 4.79 Å². The van der Waals surface area contributed by atoms with Crippen molar-refractivity contribution in [3.8, 4) is 0 Å². The number of urea groups is 1. The molecular formula is C21H27N3O2. The number of hydrogen-bond acceptors (Lipinski definition) is 3. The van der Waals surface area contributed by atoms with Crippen LogP contribution in [0.3, 0.4) is 0 Å². The average molecular weight is 353 g/mol. The summed E-state index contributed by atoms with van der Waals surface area (Å²) >= 11 is 0. The van der Waals surface area contributed by atoms with Gasteiger partial charge in [-0.2, -0.15) is 0 Å². The Morgan fingerprint density at radius 2 is 2.00 bits per heavy atom. The van der Waals surface area contributed by atoms with Gasteiger partial charge in [0.2, 0.25) is 0 Å². The molecule has 0 aromatic heterocycles. The molecule has 0 saturated carbocycles. The first-order chi connectivity index (χ1) is 12.5. The van der Waals surface area contributed by atoms with Crippen molar-refractivity contribution in [3.05, 3.63) is 60.2 Å². The zero-order valence-corrected chi connectivity index (χ0v) is 15.3. The van der Waals surface area contributed by atoms with Crippen LogP contribution in [0.25, 0.3) is 0 Å². The maximum Gasteiger partial charge on any atom is 0.317 e. The van der Waals surface area contributed by atoms with E-state index in [1.807, 2.05) is 43.5 Å². The summed E-state index contributed by atoms with van der Waals surface area (Å²) in [5, 5.41) is 13.2. The Labute approximate surface area is 155 Å². The van der Waals surface area contributed by atoms with Gasteiger partial charge in [0, 0.05) is 25.7 Å². The number of likely N-dealkylation sites (N-methyl/N-ethyl adjacent to an activating group) is 1. The number of benzene rings is 1. The molecule has 6 atom stereocenters. The van der Waals surface area contributed by atoms with Crippen molar-refractivity contribution < 1.29 is 9.90 Å². The van der Waals surface area contributed by atoms with Gasteiger partial charge in [0.05, 0.1) is 12.1 Å². The third-order valence-electron chi connectivity index (χ3n) is 6.12. The number of amides is 2. The highest BCUT2D eigenvalue weighted by atomic mass is 16.3. The first-order valence-electron chi connectivity index (χ1n) is 9.37. The summed E-state index contributed by atoms with van der Waals surface area (Å²) in [6, 6.07) is 10.6. The van der Waals surface area contributed by atoms with E-state index in [1.165, 1.54) is 0 Å². The van der Waals surface area contributed by atoms with Crippen LogP contribution in [-0.2, 0) is 6.54 Å². The number of likely N-dealkylation sites (tertiary alicyclic amines) is 1. The topological polar surface area (TPSA) is 55.8 Å². The van der Waals surface area contributed by atoms with E-state index in [4.69, 9.17) is 0 Å². The summed E-state index contributed by atoms with van der Waals surface area (Å²) < 4.78 is 0. The lowest BCUT2D eigenvalue weighted by atomic mass is 9.81. The molecule has 0 radical (unpaired) electrons. The zero-order valence-electron chi connectivity index (χ0n) is 15.3. The normalized spacial score (nSPS) is 35.2. The molecule has 0 spiro atoms. The molecular weight excluding hydrogens is 326 g/mol. The Bertz CT molecular complexity index is 717. The van der Waals surface area contributed by atoms with Crippen LogP contribution in [0.5, 0.6) is 0 Å². The molecule has 5 heteroatoms. The van der Waals surface area contributed by atoms with Crippen molar-refractivity contribution in [1.82, 2.24) is 15.1 Å². The van der Waals surface area contributed by atoms with Crippen molar-refractivity contribution in [3.63, 3.8) is 0 Å². The molecule has 0 bridgehead atoms. The number of carbonyl (C=O) groups is 1. The minimum Gasteiger partial charge on any atom is -0.389 e. The number of carbonyl (C=O) groups excluding carboxylic acids is 1. The number of hydrogen-bond donors (Lipinski definition) is 2. The summed E-state index contributed by atoms with van der Waals surface area (Å²) in [6.07, 6.45) is 8.85. The van der Waals surface area contributed by atoms with Crippen molar-refractivity contribution in [2.24, 2.45) is 11.8 Å². The van der Waals surface area contributed by atoms with Gasteiger partial charge in [0.25, 0.3) is 0 Å². The summed E-state index contributed by atoms with van der Waals surface area (Å²) in [7, 11) is 3.96. The van der Waals surface area contributed by atoms with E-state index in [0.717, 1.165) is 12.0 Å². The van der Waals surface area contributed by atoms with Crippen LogP contribution in [0.2, 0.25) is 0 Å². The molecule has 26 heavy (non-hydrogen) atoms. The molecule has 1 saturated heterocycles. The summed E-state index contributed by atoms with van der Waals surface area (Å²) in [4.78, 5) is 16.8. The Morgan fingerprint density at radius 3 is 2.77 bits per heavy atom. The fourth-order valence-corrected chi connectivity index (χ4v) is 4.85. The minimum absolute atomic E-state index is 0.00636. The molecule has 138 valence electrons. The van der Waals surface area contributed by atoms with Crippen LogP contribution in [0.15, 0.2) is 54.6 Å². The lowest BCUT2D eigenvalue weighted by Crippen LogP contribution is -2.51. The van der Waals surface area contributed by atoms with Gasteiger partial charge in [0.1, 0.15) is 0 Å². The molecule has 4 rings (SSSR count). The Kier molecular flexibility index (Phi) is 4.59. The molecule has 1 heterocycles. The molecule has 1 aromatic rings. The van der Waals surface area contributed by atoms with Gasteiger partial charge in [-0.15, -0.1) is 0 Å². The van der Waals surface area contributed by atoms with Crippen LogP contribution in [0, 0.1) is 11.8 Å². The summed E-state index contributed by atoms with van der Waals surface area (Å²) in [5.41, 5.74) is 1.12. The first-order valence-corrected chi connectivity index (χ1v) is 9.37. The molecule has 5 nitrogen and oxygen atoms in total. The Balaban J connectivity index is 1.41. The van der Waals surface area contributed by atoms with Gasteiger partial charge < -0.3 is 15.3 Å². The predicted molar refractivity (Wildman–Crippen MR) is 101 cm³/mol. The molecule has 3 aliphatic rings. The van der Waals surface area contributed by atoms with Crippen LogP contribution in [-0.4, -0.2) is 59.3 Å². The summed E-state index contributed by atoms with van der Waals surface area (Å²) in [5.74, 6) is 0.805. The monoisotopic (exact) mass is 353 g/mol. The van der Waals surface area contributed by atoms with E-state index < -0.39 is 0 Å².